The van der Waals surface area contributed by atoms with Gasteiger partial charge < -0.3 is 5.32 Å². The van der Waals surface area contributed by atoms with E-state index >= 15 is 0 Å². The molecule has 0 aromatic carbocycles. The number of likely N-dealkylation sites (N-methyl/N-ethyl adjacent to an activating group) is 1. The molecule has 1 aliphatic carbocycles. The van der Waals surface area contributed by atoms with E-state index in [0.29, 0.717) is 12.1 Å². The molecule has 1 aliphatic rings. The Bertz CT molecular complexity index is 345. The molecule has 1 N–H and O–H groups in total. The third kappa shape index (κ3) is 2.89. The minimum absolute atomic E-state index is 0.541. The first-order chi connectivity index (χ1) is 8.24. The predicted octanol–water partition coefficient (Wildman–Crippen LogP) is 2.92. The molecule has 17 heavy (non-hydrogen) atoms. The van der Waals surface area contributed by atoms with Crippen LogP contribution in [0.1, 0.15) is 50.8 Å². The highest BCUT2D eigenvalue weighted by molar-refractivity contribution is 4.98. The van der Waals surface area contributed by atoms with E-state index in [9.17, 15) is 0 Å². The van der Waals surface area contributed by atoms with Crippen LogP contribution in [0.3, 0.4) is 0 Å². The van der Waals surface area contributed by atoms with Gasteiger partial charge in [0.25, 0.3) is 0 Å². The molecule has 0 aliphatic heterocycles. The van der Waals surface area contributed by atoms with E-state index in [1.165, 1.54) is 32.1 Å². The average molecular weight is 235 g/mol. The number of nitrogens with one attached hydrogen (secondary N) is 1. The Balaban J connectivity index is 2.09. The van der Waals surface area contributed by atoms with E-state index < -0.39 is 0 Å². The van der Waals surface area contributed by atoms with Gasteiger partial charge in [0.1, 0.15) is 0 Å². The number of hydrogen-bond donors (Lipinski definition) is 1. The number of aryl methyl sites for hydroxylation is 1. The van der Waals surface area contributed by atoms with Crippen molar-refractivity contribution in [3.63, 3.8) is 0 Å². The molecule has 3 heteroatoms. The van der Waals surface area contributed by atoms with Crippen molar-refractivity contribution in [1.82, 2.24) is 15.1 Å². The van der Waals surface area contributed by atoms with Gasteiger partial charge in [0.2, 0.25) is 0 Å². The number of aromatic nitrogens is 2. The second kappa shape index (κ2) is 5.67. The Morgan fingerprint density at radius 3 is 2.88 bits per heavy atom. The molecule has 1 aromatic rings. The van der Waals surface area contributed by atoms with E-state index in [2.05, 4.69) is 48.3 Å². The van der Waals surface area contributed by atoms with Gasteiger partial charge in [0.05, 0.1) is 11.7 Å². The van der Waals surface area contributed by atoms with Gasteiger partial charge in [-0.25, -0.2) is 0 Å². The SMILES string of the molecule is CCCC1CCC(NC)C(n2ccc(C)n2)C1. The molecule has 2 rings (SSSR count). The van der Waals surface area contributed by atoms with E-state index in [-0.39, 0.29) is 0 Å². The number of hydrogen-bond acceptors (Lipinski definition) is 2. The monoisotopic (exact) mass is 235 g/mol. The Morgan fingerprint density at radius 1 is 1.47 bits per heavy atom. The first-order valence-electron chi connectivity index (χ1n) is 6.93. The minimum atomic E-state index is 0.541. The molecule has 96 valence electrons. The fourth-order valence-electron chi connectivity index (χ4n) is 3.15. The molecule has 1 aromatic heterocycles. The minimum Gasteiger partial charge on any atom is -0.315 e. The van der Waals surface area contributed by atoms with E-state index in [1.807, 2.05) is 0 Å². The van der Waals surface area contributed by atoms with Gasteiger partial charge in [0.15, 0.2) is 0 Å². The van der Waals surface area contributed by atoms with Crippen molar-refractivity contribution in [2.24, 2.45) is 5.92 Å². The lowest BCUT2D eigenvalue weighted by Crippen LogP contribution is -2.40. The summed E-state index contributed by atoms with van der Waals surface area (Å²) < 4.78 is 2.18. The van der Waals surface area contributed by atoms with Crippen molar-refractivity contribution < 1.29 is 0 Å². The highest BCUT2D eigenvalue weighted by atomic mass is 15.3. The quantitative estimate of drug-likeness (QED) is 0.869. The first-order valence-corrected chi connectivity index (χ1v) is 6.93. The largest absolute Gasteiger partial charge is 0.315 e. The van der Waals surface area contributed by atoms with Crippen LogP contribution in [0.25, 0.3) is 0 Å². The summed E-state index contributed by atoms with van der Waals surface area (Å²) in [7, 11) is 2.08. The summed E-state index contributed by atoms with van der Waals surface area (Å²) in [6.45, 7) is 4.36. The van der Waals surface area contributed by atoms with Crippen molar-refractivity contribution in [1.29, 1.82) is 0 Å². The van der Waals surface area contributed by atoms with Crippen molar-refractivity contribution in [3.8, 4) is 0 Å². The molecule has 0 spiro atoms. The second-order valence-electron chi connectivity index (χ2n) is 5.37. The lowest BCUT2D eigenvalue weighted by molar-refractivity contribution is 0.192. The Kier molecular flexibility index (Phi) is 4.21. The Hall–Kier alpha value is -0.830. The van der Waals surface area contributed by atoms with Gasteiger partial charge >= 0.3 is 0 Å². The van der Waals surface area contributed by atoms with Crippen LogP contribution in [0.2, 0.25) is 0 Å². The van der Waals surface area contributed by atoms with Crippen LogP contribution in [0.4, 0.5) is 0 Å². The van der Waals surface area contributed by atoms with E-state index in [4.69, 9.17) is 0 Å². The highest BCUT2D eigenvalue weighted by Gasteiger charge is 2.30. The molecule has 0 radical (unpaired) electrons. The zero-order valence-corrected chi connectivity index (χ0v) is 11.3. The maximum atomic E-state index is 4.60. The molecular formula is C14H25N3. The van der Waals surface area contributed by atoms with Crippen LogP contribution in [0, 0.1) is 12.8 Å². The molecule has 3 nitrogen and oxygen atoms in total. The van der Waals surface area contributed by atoms with Gasteiger partial charge in [-0.1, -0.05) is 19.8 Å². The van der Waals surface area contributed by atoms with Gasteiger partial charge in [-0.3, -0.25) is 4.68 Å². The van der Waals surface area contributed by atoms with Crippen molar-refractivity contribution in [3.05, 3.63) is 18.0 Å². The highest BCUT2D eigenvalue weighted by Crippen LogP contribution is 2.34. The van der Waals surface area contributed by atoms with Gasteiger partial charge in [-0.05, 0) is 45.2 Å². The molecule has 1 heterocycles. The predicted molar refractivity (Wildman–Crippen MR) is 71.1 cm³/mol. The van der Waals surface area contributed by atoms with Crippen LogP contribution >= 0.6 is 0 Å². The Labute approximate surface area is 105 Å². The molecule has 1 fully saturated rings. The van der Waals surface area contributed by atoms with Crippen LogP contribution in [0.15, 0.2) is 12.3 Å². The van der Waals surface area contributed by atoms with E-state index in [1.54, 1.807) is 0 Å². The average Bonchev–Trinajstić information content (AvgIpc) is 2.76. The van der Waals surface area contributed by atoms with Gasteiger partial charge in [-0.15, -0.1) is 0 Å². The normalized spacial score (nSPS) is 29.5. The summed E-state index contributed by atoms with van der Waals surface area (Å²) in [4.78, 5) is 0. The topological polar surface area (TPSA) is 29.9 Å². The lowest BCUT2D eigenvalue weighted by Gasteiger charge is -2.36. The van der Waals surface area contributed by atoms with Gasteiger partial charge in [-0.2, -0.15) is 5.10 Å². The van der Waals surface area contributed by atoms with E-state index in [0.717, 1.165) is 11.6 Å². The summed E-state index contributed by atoms with van der Waals surface area (Å²) in [6, 6.07) is 3.23. The van der Waals surface area contributed by atoms with Crippen LogP contribution < -0.4 is 5.32 Å². The summed E-state index contributed by atoms with van der Waals surface area (Å²) in [6.07, 6.45) is 8.74. The molecule has 1 saturated carbocycles. The van der Waals surface area contributed by atoms with Crippen LogP contribution in [0.5, 0.6) is 0 Å². The molecular weight excluding hydrogens is 210 g/mol. The van der Waals surface area contributed by atoms with Crippen molar-refractivity contribution >= 4 is 0 Å². The summed E-state index contributed by atoms with van der Waals surface area (Å²) in [5.74, 6) is 0.888. The third-order valence-electron chi connectivity index (χ3n) is 4.07. The molecule has 0 saturated heterocycles. The zero-order valence-electron chi connectivity index (χ0n) is 11.3. The summed E-state index contributed by atoms with van der Waals surface area (Å²) in [5, 5.41) is 8.07. The summed E-state index contributed by atoms with van der Waals surface area (Å²) >= 11 is 0. The van der Waals surface area contributed by atoms with Crippen molar-refractivity contribution in [2.75, 3.05) is 7.05 Å². The molecule has 0 bridgehead atoms. The second-order valence-corrected chi connectivity index (χ2v) is 5.37. The standard InChI is InChI=1S/C14H25N3/c1-4-5-12-6-7-13(15-3)14(10-12)17-9-8-11(2)16-17/h8-9,12-15H,4-7,10H2,1-3H3. The van der Waals surface area contributed by atoms with Crippen LogP contribution in [-0.4, -0.2) is 22.9 Å². The molecule has 3 unspecified atom stereocenters. The number of nitrogens with zero attached hydrogens (tertiary/aromatic N) is 2. The fourth-order valence-corrected chi connectivity index (χ4v) is 3.15. The smallest absolute Gasteiger partial charge is 0.0674 e. The van der Waals surface area contributed by atoms with Gasteiger partial charge in [0, 0.05) is 12.2 Å². The third-order valence-corrected chi connectivity index (χ3v) is 4.07. The van der Waals surface area contributed by atoms with Crippen molar-refractivity contribution in [2.45, 2.75) is 58.0 Å². The lowest BCUT2D eigenvalue weighted by atomic mass is 9.80. The maximum Gasteiger partial charge on any atom is 0.0674 e. The van der Waals surface area contributed by atoms with Crippen LogP contribution in [-0.2, 0) is 0 Å². The zero-order chi connectivity index (χ0) is 12.3. The maximum absolute atomic E-state index is 4.60. The first kappa shape index (κ1) is 12.6. The molecule has 3 atom stereocenters. The Morgan fingerprint density at radius 2 is 2.29 bits per heavy atom. The molecule has 0 amide bonds. The summed E-state index contributed by atoms with van der Waals surface area (Å²) in [5.41, 5.74) is 1.12. The number of rotatable bonds is 4. The fraction of sp³-hybridized carbons (Fsp3) is 0.786.